The molecule has 0 unspecified atom stereocenters. The molecule has 7 heteroatoms. The second-order valence-corrected chi connectivity index (χ2v) is 9.33. The van der Waals surface area contributed by atoms with E-state index in [0.717, 1.165) is 49.2 Å². The minimum atomic E-state index is -0.506. The van der Waals surface area contributed by atoms with Crippen LogP contribution in [-0.4, -0.2) is 60.1 Å². The van der Waals surface area contributed by atoms with Crippen LogP contribution in [0.1, 0.15) is 53.7 Å². The van der Waals surface area contributed by atoms with Crippen molar-refractivity contribution in [2.24, 2.45) is 0 Å². The monoisotopic (exact) mass is 512 g/mol. The lowest BCUT2D eigenvalue weighted by Gasteiger charge is -2.30. The molecule has 0 radical (unpaired) electrons. The van der Waals surface area contributed by atoms with Crippen molar-refractivity contribution in [1.82, 2.24) is 14.8 Å². The van der Waals surface area contributed by atoms with Crippen molar-refractivity contribution in [3.05, 3.63) is 101 Å². The maximum Gasteiger partial charge on any atom is 0.411 e. The molecule has 2 amide bonds. The highest BCUT2D eigenvalue weighted by Gasteiger charge is 2.22. The van der Waals surface area contributed by atoms with E-state index in [2.05, 4.69) is 21.3 Å². The van der Waals surface area contributed by atoms with E-state index in [9.17, 15) is 9.59 Å². The number of ether oxygens (including phenoxy) is 1. The molecule has 7 nitrogen and oxygen atoms in total. The van der Waals surface area contributed by atoms with Gasteiger partial charge in [-0.15, -0.1) is 0 Å². The Balaban J connectivity index is 1.68. The van der Waals surface area contributed by atoms with Gasteiger partial charge in [-0.3, -0.25) is 20.0 Å². The highest BCUT2D eigenvalue weighted by atomic mass is 16.5. The number of nitrogens with one attached hydrogen (secondary N) is 1. The highest BCUT2D eigenvalue weighted by molar-refractivity contribution is 5.96. The van der Waals surface area contributed by atoms with E-state index >= 15 is 0 Å². The van der Waals surface area contributed by atoms with Crippen molar-refractivity contribution in [3.63, 3.8) is 0 Å². The molecule has 1 aliphatic heterocycles. The van der Waals surface area contributed by atoms with Crippen LogP contribution >= 0.6 is 0 Å². The Hall–Kier alpha value is -3.97. The molecule has 0 atom stereocenters. The van der Waals surface area contributed by atoms with Gasteiger partial charge in [-0.2, -0.15) is 0 Å². The summed E-state index contributed by atoms with van der Waals surface area (Å²) < 4.78 is 4.88. The number of carbonyl (C=O) groups is 2. The van der Waals surface area contributed by atoms with Crippen LogP contribution in [0.25, 0.3) is 5.57 Å². The first-order chi connectivity index (χ1) is 18.5. The zero-order valence-corrected chi connectivity index (χ0v) is 22.4. The Bertz CT molecular complexity index is 1260. The Morgan fingerprint density at radius 3 is 2.26 bits per heavy atom. The number of amides is 2. The SMILES string of the molecule is CCN(CC)C(=O)c1ccc(C(=C2CCN(Cc3cccnc3)CC2)c2ccccc2NC(=O)OC)cc1. The normalized spacial score (nSPS) is 13.6. The van der Waals surface area contributed by atoms with Gasteiger partial charge in [0.1, 0.15) is 0 Å². The van der Waals surface area contributed by atoms with E-state index in [1.165, 1.54) is 18.2 Å². The quantitative estimate of drug-likeness (QED) is 0.410. The third kappa shape index (κ3) is 6.47. The fourth-order valence-corrected chi connectivity index (χ4v) is 4.97. The predicted octanol–water partition coefficient (Wildman–Crippen LogP) is 5.84. The second kappa shape index (κ2) is 13.0. The minimum Gasteiger partial charge on any atom is -0.453 e. The maximum absolute atomic E-state index is 12.9. The van der Waals surface area contributed by atoms with Crippen LogP contribution in [0, 0.1) is 0 Å². The number of hydrogen-bond acceptors (Lipinski definition) is 5. The summed E-state index contributed by atoms with van der Waals surface area (Å²) >= 11 is 0. The number of aromatic nitrogens is 1. The molecule has 1 saturated heterocycles. The van der Waals surface area contributed by atoms with E-state index in [-0.39, 0.29) is 5.91 Å². The number of likely N-dealkylation sites (tertiary alicyclic amines) is 1. The molecule has 4 rings (SSSR count). The number of methoxy groups -OCH3 is 1. The van der Waals surface area contributed by atoms with Crippen LogP contribution in [0.4, 0.5) is 10.5 Å². The Labute approximate surface area is 225 Å². The number of benzene rings is 2. The van der Waals surface area contributed by atoms with Gasteiger partial charge in [-0.25, -0.2) is 4.79 Å². The molecule has 0 saturated carbocycles. The van der Waals surface area contributed by atoms with Gasteiger partial charge in [-0.05, 0) is 67.7 Å². The topological polar surface area (TPSA) is 74.8 Å². The first-order valence-electron chi connectivity index (χ1n) is 13.2. The van der Waals surface area contributed by atoms with Crippen LogP contribution < -0.4 is 5.32 Å². The number of nitrogens with zero attached hydrogens (tertiary/aromatic N) is 3. The van der Waals surface area contributed by atoms with E-state index < -0.39 is 6.09 Å². The molecule has 2 heterocycles. The van der Waals surface area contributed by atoms with Gasteiger partial charge in [0.2, 0.25) is 0 Å². The Kier molecular flexibility index (Phi) is 9.27. The van der Waals surface area contributed by atoms with Crippen LogP contribution in [0.3, 0.4) is 0 Å². The number of rotatable bonds is 8. The van der Waals surface area contributed by atoms with Crippen molar-refractivity contribution in [2.75, 3.05) is 38.6 Å². The molecule has 3 aromatic rings. The Morgan fingerprint density at radius 1 is 0.947 bits per heavy atom. The number of carbonyl (C=O) groups excluding carboxylic acids is 2. The Morgan fingerprint density at radius 2 is 1.63 bits per heavy atom. The zero-order valence-electron chi connectivity index (χ0n) is 22.4. The third-order valence-electron chi connectivity index (χ3n) is 7.03. The molecule has 1 fully saturated rings. The molecule has 0 spiro atoms. The lowest BCUT2D eigenvalue weighted by Crippen LogP contribution is -2.30. The molecular formula is C31H36N4O3. The van der Waals surface area contributed by atoms with Crippen LogP contribution in [-0.2, 0) is 11.3 Å². The van der Waals surface area contributed by atoms with Gasteiger partial charge >= 0.3 is 6.09 Å². The predicted molar refractivity (Wildman–Crippen MR) is 151 cm³/mol. The van der Waals surface area contributed by atoms with Crippen LogP contribution in [0.15, 0.2) is 78.6 Å². The number of piperidine rings is 1. The van der Waals surface area contributed by atoms with Gasteiger partial charge in [0.15, 0.2) is 0 Å². The average molecular weight is 513 g/mol. The lowest BCUT2D eigenvalue weighted by molar-refractivity contribution is 0.0773. The highest BCUT2D eigenvalue weighted by Crippen LogP contribution is 2.36. The van der Waals surface area contributed by atoms with E-state index in [4.69, 9.17) is 4.74 Å². The largest absolute Gasteiger partial charge is 0.453 e. The summed E-state index contributed by atoms with van der Waals surface area (Å²) in [6, 6.07) is 19.8. The van der Waals surface area contributed by atoms with Gasteiger partial charge in [0.05, 0.1) is 12.8 Å². The average Bonchev–Trinajstić information content (AvgIpc) is 2.96. The van der Waals surface area contributed by atoms with Crippen molar-refractivity contribution in [2.45, 2.75) is 33.2 Å². The molecule has 38 heavy (non-hydrogen) atoms. The lowest BCUT2D eigenvalue weighted by atomic mass is 9.87. The summed E-state index contributed by atoms with van der Waals surface area (Å²) in [5, 5.41) is 2.88. The van der Waals surface area contributed by atoms with Crippen molar-refractivity contribution < 1.29 is 14.3 Å². The van der Waals surface area contributed by atoms with E-state index in [0.29, 0.717) is 24.3 Å². The van der Waals surface area contributed by atoms with Gasteiger partial charge in [0.25, 0.3) is 5.91 Å². The maximum atomic E-state index is 12.9. The molecular weight excluding hydrogens is 476 g/mol. The summed E-state index contributed by atoms with van der Waals surface area (Å²) in [5.41, 5.74) is 6.97. The van der Waals surface area contributed by atoms with Crippen molar-refractivity contribution >= 4 is 23.3 Å². The molecule has 1 aromatic heterocycles. The van der Waals surface area contributed by atoms with Crippen molar-refractivity contribution in [1.29, 1.82) is 0 Å². The molecule has 0 bridgehead atoms. The minimum absolute atomic E-state index is 0.0345. The molecule has 0 aliphatic carbocycles. The fourth-order valence-electron chi connectivity index (χ4n) is 4.97. The standard InChI is InChI=1S/C31H36N4O3/c1-4-35(5-2)30(36)26-14-12-24(13-15-26)29(27-10-6-7-11-28(27)33-31(37)38-3)25-16-19-34(20-17-25)22-23-9-8-18-32-21-23/h6-15,18,21H,4-5,16-17,19-20,22H2,1-3H3,(H,33,37). The summed E-state index contributed by atoms with van der Waals surface area (Å²) in [6.07, 6.45) is 5.03. The number of hydrogen-bond donors (Lipinski definition) is 1. The molecule has 198 valence electrons. The van der Waals surface area contributed by atoms with E-state index in [1.54, 1.807) is 6.20 Å². The summed E-state index contributed by atoms with van der Waals surface area (Å²) in [6.45, 7) is 8.06. The third-order valence-corrected chi connectivity index (χ3v) is 7.03. The number of para-hydroxylation sites is 1. The summed E-state index contributed by atoms with van der Waals surface area (Å²) in [7, 11) is 1.36. The van der Waals surface area contributed by atoms with E-state index in [1.807, 2.05) is 79.5 Å². The molecule has 2 aromatic carbocycles. The first kappa shape index (κ1) is 27.1. The molecule has 1 N–H and O–H groups in total. The van der Waals surface area contributed by atoms with Gasteiger partial charge in [0, 0.05) is 56.2 Å². The van der Waals surface area contributed by atoms with Crippen LogP contribution in [0.2, 0.25) is 0 Å². The zero-order chi connectivity index (χ0) is 26.9. The molecule has 1 aliphatic rings. The summed E-state index contributed by atoms with van der Waals surface area (Å²) in [5.74, 6) is 0.0345. The first-order valence-corrected chi connectivity index (χ1v) is 13.2. The smallest absolute Gasteiger partial charge is 0.411 e. The second-order valence-electron chi connectivity index (χ2n) is 9.33. The van der Waals surface area contributed by atoms with Crippen LogP contribution in [0.5, 0.6) is 0 Å². The number of anilines is 1. The van der Waals surface area contributed by atoms with Crippen molar-refractivity contribution in [3.8, 4) is 0 Å². The summed E-state index contributed by atoms with van der Waals surface area (Å²) in [4.78, 5) is 33.5. The van der Waals surface area contributed by atoms with Gasteiger partial charge in [-0.1, -0.05) is 42.0 Å². The fraction of sp³-hybridized carbons (Fsp3) is 0.323. The number of pyridine rings is 1. The van der Waals surface area contributed by atoms with Gasteiger partial charge < -0.3 is 9.64 Å².